The van der Waals surface area contributed by atoms with E-state index in [2.05, 4.69) is 4.74 Å². The van der Waals surface area contributed by atoms with Crippen molar-refractivity contribution in [1.29, 1.82) is 0 Å². The van der Waals surface area contributed by atoms with Crippen molar-refractivity contribution in [3.05, 3.63) is 57.8 Å². The number of ether oxygens (including phenoxy) is 1. The molecule has 0 aliphatic carbocycles. The topological polar surface area (TPSA) is 85.8 Å². The molecular formula is C14H12F2N2O5. The fourth-order valence-electron chi connectivity index (χ4n) is 1.85. The van der Waals surface area contributed by atoms with E-state index in [9.17, 15) is 23.7 Å². The van der Waals surface area contributed by atoms with E-state index in [0.29, 0.717) is 5.56 Å². The van der Waals surface area contributed by atoms with E-state index < -0.39 is 23.3 Å². The van der Waals surface area contributed by atoms with Gasteiger partial charge in [0.25, 0.3) is 5.91 Å². The van der Waals surface area contributed by atoms with Gasteiger partial charge >= 0.3 is 12.5 Å². The predicted molar refractivity (Wildman–Crippen MR) is 74.2 cm³/mol. The van der Waals surface area contributed by atoms with Crippen molar-refractivity contribution in [2.45, 2.75) is 13.2 Å². The number of hydrogen-bond donors (Lipinski definition) is 0. The minimum Gasteiger partial charge on any atom is -0.435 e. The normalized spacial score (nSPS) is 10.6. The Labute approximate surface area is 129 Å². The number of halogens is 2. The largest absolute Gasteiger partial charge is 0.435 e. The van der Waals surface area contributed by atoms with Crippen LogP contribution in [0.15, 0.2) is 40.8 Å². The molecule has 23 heavy (non-hydrogen) atoms. The number of rotatable bonds is 6. The summed E-state index contributed by atoms with van der Waals surface area (Å²) in [5.74, 6) is -1.20. The van der Waals surface area contributed by atoms with Crippen molar-refractivity contribution in [3.8, 4) is 5.75 Å². The van der Waals surface area contributed by atoms with Gasteiger partial charge in [-0.05, 0) is 23.8 Å². The van der Waals surface area contributed by atoms with Crippen molar-refractivity contribution in [1.82, 2.24) is 4.90 Å². The average molecular weight is 326 g/mol. The Kier molecular flexibility index (Phi) is 4.89. The molecule has 1 aromatic heterocycles. The molecule has 0 fully saturated rings. The standard InChI is InChI=1S/C14H12F2N2O5/c1-17(13(19)11-6-7-12(23-11)18(20)21)8-9-2-4-10(5-3-9)22-14(15)16/h2-7,14H,8H2,1H3. The van der Waals surface area contributed by atoms with Crippen molar-refractivity contribution in [2.24, 2.45) is 0 Å². The summed E-state index contributed by atoms with van der Waals surface area (Å²) in [4.78, 5) is 23.2. The maximum absolute atomic E-state index is 12.1. The van der Waals surface area contributed by atoms with E-state index in [1.165, 1.54) is 42.3 Å². The number of amides is 1. The Hall–Kier alpha value is -2.97. The van der Waals surface area contributed by atoms with Gasteiger partial charge in [0.05, 0.1) is 6.07 Å². The van der Waals surface area contributed by atoms with Crippen LogP contribution in [-0.4, -0.2) is 29.4 Å². The lowest BCUT2D eigenvalue weighted by atomic mass is 10.2. The third-order valence-corrected chi connectivity index (χ3v) is 2.90. The second-order valence-electron chi connectivity index (χ2n) is 4.58. The summed E-state index contributed by atoms with van der Waals surface area (Å²) in [6.07, 6.45) is 0. The van der Waals surface area contributed by atoms with Crippen LogP contribution in [0.25, 0.3) is 0 Å². The summed E-state index contributed by atoms with van der Waals surface area (Å²) in [7, 11) is 1.49. The molecule has 2 rings (SSSR count). The molecule has 122 valence electrons. The van der Waals surface area contributed by atoms with E-state index in [1.807, 2.05) is 0 Å². The van der Waals surface area contributed by atoms with E-state index in [0.717, 1.165) is 6.07 Å². The second kappa shape index (κ2) is 6.86. The number of carbonyl (C=O) groups is 1. The summed E-state index contributed by atoms with van der Waals surface area (Å²) in [5.41, 5.74) is 0.670. The molecule has 9 heteroatoms. The Morgan fingerprint density at radius 2 is 1.96 bits per heavy atom. The Bertz CT molecular complexity index is 699. The average Bonchev–Trinajstić information content (AvgIpc) is 2.98. The molecule has 0 spiro atoms. The molecule has 2 aromatic rings. The van der Waals surface area contributed by atoms with E-state index >= 15 is 0 Å². The summed E-state index contributed by atoms with van der Waals surface area (Å²) in [6.45, 7) is -2.73. The zero-order valence-corrected chi connectivity index (χ0v) is 11.9. The smallest absolute Gasteiger partial charge is 0.433 e. The van der Waals surface area contributed by atoms with Gasteiger partial charge in [0.1, 0.15) is 10.7 Å². The number of carbonyl (C=O) groups excluding carboxylic acids is 1. The van der Waals surface area contributed by atoms with Gasteiger partial charge in [-0.3, -0.25) is 14.9 Å². The number of hydrogen-bond acceptors (Lipinski definition) is 5. The molecule has 0 unspecified atom stereocenters. The third-order valence-electron chi connectivity index (χ3n) is 2.90. The quantitative estimate of drug-likeness (QED) is 0.601. The first-order valence-electron chi connectivity index (χ1n) is 6.40. The lowest BCUT2D eigenvalue weighted by molar-refractivity contribution is -0.402. The Morgan fingerprint density at radius 3 is 2.48 bits per heavy atom. The third kappa shape index (κ3) is 4.25. The number of nitrogens with zero attached hydrogens (tertiary/aromatic N) is 2. The molecular weight excluding hydrogens is 314 g/mol. The molecule has 1 aromatic carbocycles. The van der Waals surface area contributed by atoms with Gasteiger partial charge < -0.3 is 14.1 Å². The zero-order valence-electron chi connectivity index (χ0n) is 11.9. The van der Waals surface area contributed by atoms with Crippen LogP contribution in [0.5, 0.6) is 5.75 Å². The number of furan rings is 1. The van der Waals surface area contributed by atoms with Crippen molar-refractivity contribution in [2.75, 3.05) is 7.05 Å². The molecule has 0 aliphatic heterocycles. The van der Waals surface area contributed by atoms with E-state index in [-0.39, 0.29) is 18.1 Å². The Morgan fingerprint density at radius 1 is 1.30 bits per heavy atom. The number of benzene rings is 1. The zero-order chi connectivity index (χ0) is 17.0. The molecule has 1 amide bonds. The summed E-state index contributed by atoms with van der Waals surface area (Å²) >= 11 is 0. The van der Waals surface area contributed by atoms with Crippen LogP contribution < -0.4 is 4.74 Å². The van der Waals surface area contributed by atoms with Crippen LogP contribution in [-0.2, 0) is 6.54 Å². The highest BCUT2D eigenvalue weighted by Crippen LogP contribution is 2.19. The molecule has 0 saturated carbocycles. The van der Waals surface area contributed by atoms with Crippen LogP contribution in [0.4, 0.5) is 14.7 Å². The first-order chi connectivity index (χ1) is 10.9. The number of nitro groups is 1. The predicted octanol–water partition coefficient (Wildman–Crippen LogP) is 3.06. The van der Waals surface area contributed by atoms with E-state index in [4.69, 9.17) is 4.42 Å². The van der Waals surface area contributed by atoms with Crippen LogP contribution in [0.3, 0.4) is 0 Å². The van der Waals surface area contributed by atoms with E-state index in [1.54, 1.807) is 0 Å². The minimum absolute atomic E-state index is 0.0133. The van der Waals surface area contributed by atoms with Gasteiger partial charge in [0.2, 0.25) is 0 Å². The fraction of sp³-hybridized carbons (Fsp3) is 0.214. The first kappa shape index (κ1) is 16.4. The maximum atomic E-state index is 12.1. The summed E-state index contributed by atoms with van der Waals surface area (Å²) in [5, 5.41) is 10.5. The van der Waals surface area contributed by atoms with Gasteiger partial charge in [0, 0.05) is 13.6 Å². The van der Waals surface area contributed by atoms with Crippen molar-refractivity contribution < 1.29 is 27.7 Å². The van der Waals surface area contributed by atoms with Gasteiger partial charge in [-0.2, -0.15) is 8.78 Å². The lowest BCUT2D eigenvalue weighted by Crippen LogP contribution is -2.25. The van der Waals surface area contributed by atoms with Crippen molar-refractivity contribution >= 4 is 11.8 Å². The van der Waals surface area contributed by atoms with Crippen LogP contribution >= 0.6 is 0 Å². The minimum atomic E-state index is -2.90. The highest BCUT2D eigenvalue weighted by atomic mass is 19.3. The SMILES string of the molecule is CN(Cc1ccc(OC(F)F)cc1)C(=O)c1ccc([N+](=O)[O-])o1. The molecule has 0 saturated heterocycles. The van der Waals surface area contributed by atoms with Gasteiger partial charge in [0.15, 0.2) is 5.76 Å². The highest BCUT2D eigenvalue weighted by Gasteiger charge is 2.20. The fourth-order valence-corrected chi connectivity index (χ4v) is 1.85. The molecule has 0 N–H and O–H groups in total. The summed E-state index contributed by atoms with van der Waals surface area (Å²) in [6, 6.07) is 8.10. The molecule has 7 nitrogen and oxygen atoms in total. The second-order valence-corrected chi connectivity index (χ2v) is 4.58. The molecule has 0 radical (unpaired) electrons. The molecule has 0 atom stereocenters. The van der Waals surface area contributed by atoms with Gasteiger partial charge in [-0.15, -0.1) is 0 Å². The molecule has 0 bridgehead atoms. The van der Waals surface area contributed by atoms with Gasteiger partial charge in [-0.1, -0.05) is 12.1 Å². The Balaban J connectivity index is 2.01. The molecule has 1 heterocycles. The lowest BCUT2D eigenvalue weighted by Gasteiger charge is -2.16. The van der Waals surface area contributed by atoms with Crippen LogP contribution in [0, 0.1) is 10.1 Å². The van der Waals surface area contributed by atoms with Crippen molar-refractivity contribution in [3.63, 3.8) is 0 Å². The maximum Gasteiger partial charge on any atom is 0.433 e. The van der Waals surface area contributed by atoms with Crippen LogP contribution in [0.1, 0.15) is 16.1 Å². The summed E-state index contributed by atoms with van der Waals surface area (Å²) < 4.78 is 33.2. The van der Waals surface area contributed by atoms with Gasteiger partial charge in [-0.25, -0.2) is 0 Å². The molecule has 0 aliphatic rings. The highest BCUT2D eigenvalue weighted by molar-refractivity contribution is 5.91. The first-order valence-corrected chi connectivity index (χ1v) is 6.40. The monoisotopic (exact) mass is 326 g/mol. The number of alkyl halides is 2. The van der Waals surface area contributed by atoms with Crippen LogP contribution in [0.2, 0.25) is 0 Å².